The third-order valence-corrected chi connectivity index (χ3v) is 4.17. The van der Waals surface area contributed by atoms with E-state index in [0.717, 1.165) is 22.6 Å². The summed E-state index contributed by atoms with van der Waals surface area (Å²) < 4.78 is 0. The molecule has 0 saturated heterocycles. The first-order chi connectivity index (χ1) is 8.66. The van der Waals surface area contributed by atoms with Crippen LogP contribution in [0, 0.1) is 6.92 Å². The van der Waals surface area contributed by atoms with Crippen LogP contribution in [-0.2, 0) is 5.75 Å². The number of aromatic nitrogens is 1. The summed E-state index contributed by atoms with van der Waals surface area (Å²) >= 11 is 1.72. The third-order valence-electron chi connectivity index (χ3n) is 3.05. The van der Waals surface area contributed by atoms with Crippen LogP contribution in [0.3, 0.4) is 0 Å². The number of carboxylic acid groups (broad SMARTS) is 1. The highest BCUT2D eigenvalue weighted by molar-refractivity contribution is 7.98. The van der Waals surface area contributed by atoms with Crippen molar-refractivity contribution in [2.45, 2.75) is 17.6 Å². The molecule has 0 atom stereocenters. The molecule has 0 radical (unpaired) electrons. The number of hydrogen-bond acceptors (Lipinski definition) is 3. The number of benzene rings is 1. The van der Waals surface area contributed by atoms with Gasteiger partial charge in [0.15, 0.2) is 0 Å². The molecule has 0 spiro atoms. The number of thioether (sulfide) groups is 1. The average Bonchev–Trinajstić information content (AvgIpc) is 2.37. The zero-order valence-electron chi connectivity index (χ0n) is 9.80. The largest absolute Gasteiger partial charge is 0.478 e. The van der Waals surface area contributed by atoms with Gasteiger partial charge in [-0.25, -0.2) is 4.79 Å². The summed E-state index contributed by atoms with van der Waals surface area (Å²) in [5.41, 5.74) is 3.90. The quantitative estimate of drug-likeness (QED) is 0.851. The van der Waals surface area contributed by atoms with Crippen LogP contribution in [0.4, 0.5) is 0 Å². The number of fused-ring (bicyclic) bond motifs is 3. The molecule has 0 saturated carbocycles. The number of carboxylic acids is 1. The molecule has 4 heteroatoms. The van der Waals surface area contributed by atoms with E-state index in [2.05, 4.69) is 11.1 Å². The van der Waals surface area contributed by atoms with Crippen LogP contribution >= 0.6 is 11.8 Å². The molecular weight excluding hydrogens is 246 g/mol. The second-order valence-corrected chi connectivity index (χ2v) is 5.24. The van der Waals surface area contributed by atoms with Crippen LogP contribution in [0.2, 0.25) is 0 Å². The molecule has 0 bridgehead atoms. The van der Waals surface area contributed by atoms with E-state index in [1.165, 1.54) is 4.90 Å². The number of pyridine rings is 1. The normalized spacial score (nSPS) is 12.7. The van der Waals surface area contributed by atoms with E-state index in [0.29, 0.717) is 11.3 Å². The summed E-state index contributed by atoms with van der Waals surface area (Å²) in [7, 11) is 0. The maximum Gasteiger partial charge on any atom is 0.337 e. The van der Waals surface area contributed by atoms with Crippen molar-refractivity contribution in [1.82, 2.24) is 4.98 Å². The van der Waals surface area contributed by atoms with Crippen molar-refractivity contribution >= 4 is 17.7 Å². The molecule has 2 heterocycles. The van der Waals surface area contributed by atoms with Crippen LogP contribution in [0.5, 0.6) is 0 Å². The first-order valence-electron chi connectivity index (χ1n) is 5.63. The van der Waals surface area contributed by atoms with Gasteiger partial charge in [-0.1, -0.05) is 18.2 Å². The van der Waals surface area contributed by atoms with Gasteiger partial charge in [-0.15, -0.1) is 11.8 Å². The molecule has 0 unspecified atom stereocenters. The SMILES string of the molecule is Cc1nc2c(cc1C(=O)O)CSc1ccccc1-2. The highest BCUT2D eigenvalue weighted by Gasteiger charge is 2.20. The lowest BCUT2D eigenvalue weighted by atomic mass is 10.0. The molecule has 0 aliphatic carbocycles. The maximum absolute atomic E-state index is 11.1. The van der Waals surface area contributed by atoms with Gasteiger partial charge in [-0.05, 0) is 24.6 Å². The lowest BCUT2D eigenvalue weighted by molar-refractivity contribution is 0.0695. The molecule has 18 heavy (non-hydrogen) atoms. The van der Waals surface area contributed by atoms with Crippen LogP contribution < -0.4 is 0 Å². The number of aromatic carboxylic acids is 1. The number of carbonyl (C=O) groups is 1. The Hall–Kier alpha value is -1.81. The van der Waals surface area contributed by atoms with Gasteiger partial charge in [-0.2, -0.15) is 0 Å². The van der Waals surface area contributed by atoms with Crippen molar-refractivity contribution in [2.75, 3.05) is 0 Å². The predicted octanol–water partition coefficient (Wildman–Crippen LogP) is 3.36. The highest BCUT2D eigenvalue weighted by Crippen LogP contribution is 2.40. The van der Waals surface area contributed by atoms with E-state index in [9.17, 15) is 4.79 Å². The van der Waals surface area contributed by atoms with Crippen LogP contribution in [0.25, 0.3) is 11.3 Å². The molecule has 3 rings (SSSR count). The van der Waals surface area contributed by atoms with Crippen molar-refractivity contribution in [3.05, 3.63) is 47.2 Å². The van der Waals surface area contributed by atoms with Gasteiger partial charge in [-0.3, -0.25) is 4.98 Å². The minimum absolute atomic E-state index is 0.300. The third kappa shape index (κ3) is 1.69. The van der Waals surface area contributed by atoms with Gasteiger partial charge >= 0.3 is 5.97 Å². The van der Waals surface area contributed by atoms with Crippen LogP contribution in [0.15, 0.2) is 35.2 Å². The van der Waals surface area contributed by atoms with Gasteiger partial charge in [0.05, 0.1) is 17.0 Å². The van der Waals surface area contributed by atoms with E-state index in [1.807, 2.05) is 18.2 Å². The fourth-order valence-electron chi connectivity index (χ4n) is 2.15. The Kier molecular flexibility index (Phi) is 2.59. The Morgan fingerprint density at radius 2 is 2.17 bits per heavy atom. The summed E-state index contributed by atoms with van der Waals surface area (Å²) in [6.45, 7) is 1.74. The Bertz CT molecular complexity index is 652. The van der Waals surface area contributed by atoms with Crippen molar-refractivity contribution in [1.29, 1.82) is 0 Å². The highest BCUT2D eigenvalue weighted by atomic mass is 32.2. The molecule has 1 N–H and O–H groups in total. The summed E-state index contributed by atoms with van der Waals surface area (Å²) in [4.78, 5) is 16.8. The summed E-state index contributed by atoms with van der Waals surface area (Å²) in [5, 5.41) is 9.12. The zero-order chi connectivity index (χ0) is 12.7. The van der Waals surface area contributed by atoms with Gasteiger partial charge in [0.25, 0.3) is 0 Å². The molecule has 0 amide bonds. The molecule has 2 aromatic rings. The fourth-order valence-corrected chi connectivity index (χ4v) is 3.18. The summed E-state index contributed by atoms with van der Waals surface area (Å²) in [6.07, 6.45) is 0. The fraction of sp³-hybridized carbons (Fsp3) is 0.143. The molecule has 1 aliphatic heterocycles. The first kappa shape index (κ1) is 11.3. The zero-order valence-corrected chi connectivity index (χ0v) is 10.6. The average molecular weight is 257 g/mol. The predicted molar refractivity (Wildman–Crippen MR) is 70.9 cm³/mol. The number of hydrogen-bond donors (Lipinski definition) is 1. The molecule has 0 fully saturated rings. The van der Waals surface area contributed by atoms with E-state index < -0.39 is 5.97 Å². The molecule has 1 aromatic carbocycles. The lowest BCUT2D eigenvalue weighted by Gasteiger charge is -2.19. The van der Waals surface area contributed by atoms with Gasteiger partial charge < -0.3 is 5.11 Å². The van der Waals surface area contributed by atoms with Crippen molar-refractivity contribution in [3.63, 3.8) is 0 Å². The first-order valence-corrected chi connectivity index (χ1v) is 6.61. The summed E-state index contributed by atoms with van der Waals surface area (Å²) in [6, 6.07) is 9.85. The Balaban J connectivity index is 2.24. The monoisotopic (exact) mass is 257 g/mol. The van der Waals surface area contributed by atoms with Crippen molar-refractivity contribution in [2.24, 2.45) is 0 Å². The summed E-state index contributed by atoms with van der Waals surface area (Å²) in [5.74, 6) is -0.133. The van der Waals surface area contributed by atoms with Crippen LogP contribution in [-0.4, -0.2) is 16.1 Å². The van der Waals surface area contributed by atoms with Gasteiger partial charge in [0.1, 0.15) is 0 Å². The molecule has 1 aromatic heterocycles. The maximum atomic E-state index is 11.1. The van der Waals surface area contributed by atoms with Crippen LogP contribution in [0.1, 0.15) is 21.6 Å². The molecule has 90 valence electrons. The van der Waals surface area contributed by atoms with Gasteiger partial charge in [0.2, 0.25) is 0 Å². The minimum Gasteiger partial charge on any atom is -0.478 e. The number of rotatable bonds is 1. The second-order valence-electron chi connectivity index (χ2n) is 4.22. The Labute approximate surface area is 109 Å². The molecular formula is C14H11NO2S. The van der Waals surface area contributed by atoms with E-state index in [4.69, 9.17) is 5.11 Å². The van der Waals surface area contributed by atoms with E-state index >= 15 is 0 Å². The molecule has 3 nitrogen and oxygen atoms in total. The second kappa shape index (κ2) is 4.14. The smallest absolute Gasteiger partial charge is 0.337 e. The molecule has 1 aliphatic rings. The standard InChI is InChI=1S/C14H11NO2S/c1-8-11(14(16)17)6-9-7-18-12-5-3-2-4-10(12)13(9)15-8/h2-6H,7H2,1H3,(H,16,17). The van der Waals surface area contributed by atoms with Gasteiger partial charge in [0, 0.05) is 16.2 Å². The topological polar surface area (TPSA) is 50.2 Å². The van der Waals surface area contributed by atoms with E-state index in [1.54, 1.807) is 24.8 Å². The van der Waals surface area contributed by atoms with E-state index in [-0.39, 0.29) is 0 Å². The van der Waals surface area contributed by atoms with Crippen molar-refractivity contribution < 1.29 is 9.90 Å². The Morgan fingerprint density at radius 1 is 1.39 bits per heavy atom. The Morgan fingerprint density at radius 3 is 2.94 bits per heavy atom. The minimum atomic E-state index is -0.911. The number of nitrogens with zero attached hydrogens (tertiary/aromatic N) is 1. The van der Waals surface area contributed by atoms with Crippen molar-refractivity contribution in [3.8, 4) is 11.3 Å². The lowest BCUT2D eigenvalue weighted by Crippen LogP contribution is -2.07. The number of aryl methyl sites for hydroxylation is 1.